The molecule has 1 aromatic heterocycles. The second-order valence-electron chi connectivity index (χ2n) is 6.99. The summed E-state index contributed by atoms with van der Waals surface area (Å²) in [5, 5.41) is 3.99. The smallest absolute Gasteiger partial charge is 0.275 e. The maximum atomic E-state index is 13.0. The molecule has 3 aromatic rings. The molecule has 2 aromatic carbocycles. The molecule has 4 rings (SSSR count). The van der Waals surface area contributed by atoms with Gasteiger partial charge in [0, 0.05) is 17.1 Å². The van der Waals surface area contributed by atoms with Crippen molar-refractivity contribution in [3.8, 4) is 0 Å². The molecule has 2 N–H and O–H groups in total. The van der Waals surface area contributed by atoms with Gasteiger partial charge < -0.3 is 5.32 Å². The molecule has 0 spiro atoms. The van der Waals surface area contributed by atoms with Crippen molar-refractivity contribution in [2.24, 2.45) is 0 Å². The van der Waals surface area contributed by atoms with Crippen molar-refractivity contribution in [2.75, 3.05) is 23.3 Å². The minimum absolute atomic E-state index is 0.0703. The van der Waals surface area contributed by atoms with E-state index < -0.39 is 0 Å². The van der Waals surface area contributed by atoms with Gasteiger partial charge in [-0.15, -0.1) is 0 Å². The summed E-state index contributed by atoms with van der Waals surface area (Å²) in [7, 11) is 0. The number of aryl methyl sites for hydroxylation is 1. The van der Waals surface area contributed by atoms with E-state index in [-0.39, 0.29) is 5.91 Å². The highest BCUT2D eigenvalue weighted by molar-refractivity contribution is 6.12. The van der Waals surface area contributed by atoms with E-state index in [0.29, 0.717) is 5.56 Å². The van der Waals surface area contributed by atoms with E-state index in [0.717, 1.165) is 41.1 Å². The third kappa shape index (κ3) is 3.40. The Morgan fingerprint density at radius 1 is 1.00 bits per heavy atom. The molecule has 0 atom stereocenters. The number of benzene rings is 2. The molecule has 132 valence electrons. The molecular formula is C22H24N3O+. The Hall–Kier alpha value is -2.88. The average molecular weight is 346 g/mol. The Morgan fingerprint density at radius 3 is 2.62 bits per heavy atom. The monoisotopic (exact) mass is 346 g/mol. The molecule has 0 bridgehead atoms. The number of amides is 1. The summed E-state index contributed by atoms with van der Waals surface area (Å²) < 4.78 is 0. The van der Waals surface area contributed by atoms with Crippen LogP contribution in [-0.2, 0) is 0 Å². The Bertz CT molecular complexity index is 945. The molecule has 4 heteroatoms. The summed E-state index contributed by atoms with van der Waals surface area (Å²) in [6, 6.07) is 17.9. The van der Waals surface area contributed by atoms with Gasteiger partial charge in [0.05, 0.1) is 18.7 Å². The normalized spacial score (nSPS) is 14.4. The quantitative estimate of drug-likeness (QED) is 0.772. The Kier molecular flexibility index (Phi) is 4.57. The summed E-state index contributed by atoms with van der Waals surface area (Å²) >= 11 is 0. The van der Waals surface area contributed by atoms with Crippen LogP contribution in [0.15, 0.2) is 54.6 Å². The molecule has 2 heterocycles. The predicted molar refractivity (Wildman–Crippen MR) is 106 cm³/mol. The number of carbonyl (C=O) groups is 1. The maximum absolute atomic E-state index is 13.0. The van der Waals surface area contributed by atoms with Gasteiger partial charge in [-0.2, -0.15) is 0 Å². The van der Waals surface area contributed by atoms with Crippen LogP contribution >= 0.6 is 0 Å². The second-order valence-corrected chi connectivity index (χ2v) is 6.99. The fourth-order valence-corrected chi connectivity index (χ4v) is 3.63. The Balaban J connectivity index is 1.73. The van der Waals surface area contributed by atoms with Crippen molar-refractivity contribution < 1.29 is 9.78 Å². The molecule has 1 fully saturated rings. The number of rotatable bonds is 3. The van der Waals surface area contributed by atoms with Gasteiger partial charge in [0.2, 0.25) is 0 Å². The average Bonchev–Trinajstić information content (AvgIpc) is 2.68. The van der Waals surface area contributed by atoms with Crippen LogP contribution < -0.4 is 15.2 Å². The first kappa shape index (κ1) is 16.6. The number of H-pyrrole nitrogens is 1. The lowest BCUT2D eigenvalue weighted by molar-refractivity contribution is -0.330. The number of aromatic nitrogens is 1. The lowest BCUT2D eigenvalue weighted by atomic mass is 10.1. The van der Waals surface area contributed by atoms with Gasteiger partial charge in [-0.25, -0.2) is 4.98 Å². The standard InChI is InChI=1S/C22H23N3O/c1-16-8-7-9-17(14-16)23-22(26)19-15-21(25-12-5-2-6-13-25)24-20-11-4-3-10-18(19)20/h3-4,7-11,14-15H,2,5-6,12-13H2,1H3,(H,23,26)/p+1. The van der Waals surface area contributed by atoms with E-state index in [2.05, 4.69) is 15.2 Å². The van der Waals surface area contributed by atoms with E-state index >= 15 is 0 Å². The fraction of sp³-hybridized carbons (Fsp3) is 0.273. The number of fused-ring (bicyclic) bond motifs is 1. The minimum atomic E-state index is -0.0703. The minimum Gasteiger partial charge on any atom is -0.322 e. The SMILES string of the molecule is Cc1cccc(NC(=O)c2cc(N3CCCCC3)[nH+]c3ccccc23)c1. The number of hydrogen-bond donors (Lipinski definition) is 1. The number of para-hydroxylation sites is 1. The fourth-order valence-electron chi connectivity index (χ4n) is 3.63. The highest BCUT2D eigenvalue weighted by Gasteiger charge is 2.23. The molecule has 0 saturated carbocycles. The Morgan fingerprint density at radius 2 is 1.81 bits per heavy atom. The second kappa shape index (κ2) is 7.16. The van der Waals surface area contributed by atoms with Gasteiger partial charge in [-0.05, 0) is 56.0 Å². The Labute approximate surface area is 153 Å². The summed E-state index contributed by atoms with van der Waals surface area (Å²) in [6.45, 7) is 4.10. The molecule has 1 aliphatic heterocycles. The summed E-state index contributed by atoms with van der Waals surface area (Å²) in [5.74, 6) is 0.955. The van der Waals surface area contributed by atoms with Crippen molar-refractivity contribution in [3.63, 3.8) is 0 Å². The first-order valence-electron chi connectivity index (χ1n) is 9.29. The van der Waals surface area contributed by atoms with E-state index in [1.165, 1.54) is 19.3 Å². The number of aromatic amines is 1. The van der Waals surface area contributed by atoms with Crippen LogP contribution in [-0.4, -0.2) is 19.0 Å². The van der Waals surface area contributed by atoms with Crippen LogP contribution in [0, 0.1) is 6.92 Å². The van der Waals surface area contributed by atoms with Crippen LogP contribution in [0.3, 0.4) is 0 Å². The van der Waals surface area contributed by atoms with E-state index in [1.54, 1.807) is 0 Å². The molecular weight excluding hydrogens is 322 g/mol. The van der Waals surface area contributed by atoms with Gasteiger partial charge in [-0.3, -0.25) is 9.69 Å². The topological polar surface area (TPSA) is 46.5 Å². The van der Waals surface area contributed by atoms with Crippen LogP contribution in [0.5, 0.6) is 0 Å². The zero-order valence-corrected chi connectivity index (χ0v) is 15.1. The number of piperidine rings is 1. The van der Waals surface area contributed by atoms with Crippen molar-refractivity contribution in [1.29, 1.82) is 0 Å². The summed E-state index contributed by atoms with van der Waals surface area (Å²) in [5.41, 5.74) is 3.65. The number of pyridine rings is 1. The van der Waals surface area contributed by atoms with Crippen molar-refractivity contribution in [1.82, 2.24) is 0 Å². The van der Waals surface area contributed by atoms with Crippen LogP contribution in [0.2, 0.25) is 0 Å². The number of carbonyl (C=O) groups excluding carboxylic acids is 1. The summed E-state index contributed by atoms with van der Waals surface area (Å²) in [4.78, 5) is 18.9. The maximum Gasteiger partial charge on any atom is 0.275 e. The molecule has 0 aliphatic carbocycles. The lowest BCUT2D eigenvalue weighted by Crippen LogP contribution is -2.34. The van der Waals surface area contributed by atoms with Crippen molar-refractivity contribution in [3.05, 3.63) is 65.7 Å². The largest absolute Gasteiger partial charge is 0.322 e. The van der Waals surface area contributed by atoms with Gasteiger partial charge in [0.15, 0.2) is 0 Å². The first-order chi connectivity index (χ1) is 12.7. The van der Waals surface area contributed by atoms with Crippen molar-refractivity contribution in [2.45, 2.75) is 26.2 Å². The number of hydrogen-bond acceptors (Lipinski definition) is 2. The zero-order chi connectivity index (χ0) is 17.9. The van der Waals surface area contributed by atoms with Gasteiger partial charge in [0.25, 0.3) is 11.7 Å². The molecule has 0 radical (unpaired) electrons. The van der Waals surface area contributed by atoms with Crippen molar-refractivity contribution >= 4 is 28.3 Å². The van der Waals surface area contributed by atoms with E-state index in [9.17, 15) is 4.79 Å². The first-order valence-corrected chi connectivity index (χ1v) is 9.29. The van der Waals surface area contributed by atoms with Crippen LogP contribution in [0.1, 0.15) is 35.2 Å². The molecule has 26 heavy (non-hydrogen) atoms. The van der Waals surface area contributed by atoms with Gasteiger partial charge in [0.1, 0.15) is 5.52 Å². The predicted octanol–water partition coefficient (Wildman–Crippen LogP) is 4.20. The summed E-state index contributed by atoms with van der Waals surface area (Å²) in [6.07, 6.45) is 3.68. The molecule has 0 unspecified atom stereocenters. The van der Waals surface area contributed by atoms with Gasteiger partial charge >= 0.3 is 0 Å². The molecule has 4 nitrogen and oxygen atoms in total. The number of anilines is 2. The zero-order valence-electron chi connectivity index (χ0n) is 15.1. The molecule has 1 saturated heterocycles. The highest BCUT2D eigenvalue weighted by atomic mass is 16.1. The number of nitrogens with zero attached hydrogens (tertiary/aromatic N) is 1. The van der Waals surface area contributed by atoms with Crippen LogP contribution in [0.25, 0.3) is 10.9 Å². The van der Waals surface area contributed by atoms with E-state index in [4.69, 9.17) is 0 Å². The van der Waals surface area contributed by atoms with Crippen LogP contribution in [0.4, 0.5) is 11.5 Å². The van der Waals surface area contributed by atoms with E-state index in [1.807, 2.05) is 61.5 Å². The lowest BCUT2D eigenvalue weighted by Gasteiger charge is -2.21. The third-order valence-electron chi connectivity index (χ3n) is 4.98. The van der Waals surface area contributed by atoms with Gasteiger partial charge in [-0.1, -0.05) is 24.3 Å². The number of nitrogens with one attached hydrogen (secondary N) is 2. The highest BCUT2D eigenvalue weighted by Crippen LogP contribution is 2.23. The third-order valence-corrected chi connectivity index (χ3v) is 4.98. The molecule has 1 aliphatic rings. The molecule has 1 amide bonds.